The van der Waals surface area contributed by atoms with Crippen LogP contribution < -0.4 is 4.74 Å². The van der Waals surface area contributed by atoms with Crippen molar-refractivity contribution in [2.75, 3.05) is 32.7 Å². The van der Waals surface area contributed by atoms with Crippen LogP contribution in [0.5, 0.6) is 5.75 Å². The first-order valence-electron chi connectivity index (χ1n) is 12.4. The van der Waals surface area contributed by atoms with Gasteiger partial charge in [0.15, 0.2) is 0 Å². The van der Waals surface area contributed by atoms with Crippen molar-refractivity contribution in [2.24, 2.45) is 0 Å². The Balaban J connectivity index is 1.20. The molecule has 1 unspecified atom stereocenters. The monoisotopic (exact) mass is 570 g/mol. The van der Waals surface area contributed by atoms with Crippen LogP contribution in [-0.4, -0.2) is 85.3 Å². The summed E-state index contributed by atoms with van der Waals surface area (Å²) in [6, 6.07) is 6.28. The number of H-pyrrole nitrogens is 1. The number of hydrogen-bond acceptors (Lipinski definition) is 8. The fourth-order valence-electron chi connectivity index (χ4n) is 4.61. The van der Waals surface area contributed by atoms with Gasteiger partial charge in [0, 0.05) is 62.1 Å². The van der Waals surface area contributed by atoms with Crippen LogP contribution in [0.15, 0.2) is 49.2 Å². The summed E-state index contributed by atoms with van der Waals surface area (Å²) in [6.45, 7) is 1.90. The number of benzene rings is 1. The molecule has 4 aromatic rings. The lowest BCUT2D eigenvalue weighted by molar-refractivity contribution is -0.189. The van der Waals surface area contributed by atoms with Crippen molar-refractivity contribution in [2.45, 2.75) is 18.6 Å². The summed E-state index contributed by atoms with van der Waals surface area (Å²) in [4.78, 5) is 39.0. The topological polar surface area (TPSA) is 133 Å². The highest BCUT2D eigenvalue weighted by Gasteiger charge is 2.41. The van der Waals surface area contributed by atoms with E-state index in [1.165, 1.54) is 11.2 Å². The van der Waals surface area contributed by atoms with Crippen molar-refractivity contribution in [3.05, 3.63) is 60.6 Å². The molecule has 3 aromatic heterocycles. The minimum atomic E-state index is -5.23. The van der Waals surface area contributed by atoms with Crippen LogP contribution in [0.25, 0.3) is 22.3 Å². The number of alkyl halides is 3. The third kappa shape index (κ3) is 6.02. The van der Waals surface area contributed by atoms with Crippen molar-refractivity contribution in [3.63, 3.8) is 0 Å². The lowest BCUT2D eigenvalue weighted by Crippen LogP contribution is -2.50. The predicted molar refractivity (Wildman–Crippen MR) is 135 cm³/mol. The SMILES string of the molecule is N#CCC(CN1CCN(C(=O)c2ccc(OC(=O)C(F)(F)F)cc2F)CC1)n1cc(-c2ncnc3[nH]ccc23)cn1. The van der Waals surface area contributed by atoms with E-state index in [0.29, 0.717) is 37.0 Å². The zero-order chi connectivity index (χ0) is 29.1. The number of rotatable bonds is 7. The summed E-state index contributed by atoms with van der Waals surface area (Å²) in [6.07, 6.45) is 1.70. The Morgan fingerprint density at radius 3 is 2.63 bits per heavy atom. The van der Waals surface area contributed by atoms with Gasteiger partial charge >= 0.3 is 12.1 Å². The van der Waals surface area contributed by atoms with Gasteiger partial charge < -0.3 is 14.6 Å². The Morgan fingerprint density at radius 2 is 1.93 bits per heavy atom. The molecule has 0 radical (unpaired) electrons. The Morgan fingerprint density at radius 1 is 1.15 bits per heavy atom. The Kier molecular flexibility index (Phi) is 7.66. The number of ether oxygens (including phenoxy) is 1. The van der Waals surface area contributed by atoms with Crippen molar-refractivity contribution < 1.29 is 31.9 Å². The van der Waals surface area contributed by atoms with Gasteiger partial charge in [-0.1, -0.05) is 0 Å². The molecule has 1 aliphatic rings. The van der Waals surface area contributed by atoms with Gasteiger partial charge in [-0.15, -0.1) is 0 Å². The predicted octanol–water partition coefficient (Wildman–Crippen LogP) is 3.34. The van der Waals surface area contributed by atoms with Crippen LogP contribution in [0.1, 0.15) is 22.8 Å². The second-order valence-corrected chi connectivity index (χ2v) is 9.31. The molecule has 1 aliphatic heterocycles. The van der Waals surface area contributed by atoms with E-state index in [1.54, 1.807) is 17.1 Å². The quantitative estimate of drug-likeness (QED) is 0.203. The van der Waals surface area contributed by atoms with Gasteiger partial charge in [-0.25, -0.2) is 19.2 Å². The summed E-state index contributed by atoms with van der Waals surface area (Å²) in [5, 5.41) is 14.7. The van der Waals surface area contributed by atoms with Crippen molar-refractivity contribution in [1.29, 1.82) is 5.26 Å². The standard InChI is InChI=1S/C26H22F4N8O3/c27-21-11-18(41-25(40)26(28,29)30)1-2-19(21)24(39)37-9-7-36(8-10-37)14-17(3-5-31)38-13-16(12-35-38)22-20-4-6-32-23(20)34-15-33-22/h1-2,4,6,11-13,15,17H,3,7-10,14H2,(H,32,33,34). The fraction of sp³-hybridized carbons (Fsp3) is 0.308. The molecule has 212 valence electrons. The van der Waals surface area contributed by atoms with E-state index in [0.717, 1.165) is 23.1 Å². The number of halogens is 4. The highest BCUT2D eigenvalue weighted by atomic mass is 19.4. The molecule has 0 spiro atoms. The number of carbonyl (C=O) groups is 2. The van der Waals surface area contributed by atoms with E-state index < -0.39 is 29.6 Å². The van der Waals surface area contributed by atoms with E-state index in [9.17, 15) is 32.4 Å². The number of fused-ring (bicyclic) bond motifs is 1. The average molecular weight is 571 g/mol. The Hall–Kier alpha value is -4.84. The van der Waals surface area contributed by atoms with Gasteiger partial charge in [0.05, 0.1) is 36.0 Å². The van der Waals surface area contributed by atoms with Crippen LogP contribution in [0.4, 0.5) is 17.6 Å². The van der Waals surface area contributed by atoms with Crippen LogP contribution in [0.3, 0.4) is 0 Å². The highest BCUT2D eigenvalue weighted by molar-refractivity contribution is 5.95. The Bertz CT molecular complexity index is 1620. The molecule has 1 N–H and O–H groups in total. The zero-order valence-electron chi connectivity index (χ0n) is 21.3. The van der Waals surface area contributed by atoms with Crippen molar-refractivity contribution >= 4 is 22.9 Å². The zero-order valence-corrected chi connectivity index (χ0v) is 21.3. The molecule has 1 atom stereocenters. The molecule has 41 heavy (non-hydrogen) atoms. The molecule has 1 fully saturated rings. The van der Waals surface area contributed by atoms with Crippen LogP contribution in [-0.2, 0) is 4.79 Å². The minimum Gasteiger partial charge on any atom is -0.420 e. The van der Waals surface area contributed by atoms with Crippen molar-refractivity contribution in [3.8, 4) is 23.1 Å². The molecule has 0 saturated carbocycles. The van der Waals surface area contributed by atoms with Gasteiger partial charge in [-0.2, -0.15) is 23.5 Å². The molecule has 11 nitrogen and oxygen atoms in total. The first-order chi connectivity index (χ1) is 19.6. The number of amides is 1. The molecular weight excluding hydrogens is 548 g/mol. The number of aromatic amines is 1. The number of nitrogens with zero attached hydrogens (tertiary/aromatic N) is 7. The molecule has 1 saturated heterocycles. The number of hydrogen-bond donors (Lipinski definition) is 1. The first kappa shape index (κ1) is 27.7. The van der Waals surface area contributed by atoms with Gasteiger partial charge in [0.1, 0.15) is 23.5 Å². The van der Waals surface area contributed by atoms with E-state index in [1.807, 2.05) is 12.3 Å². The number of piperazine rings is 1. The Labute approximate surface area is 230 Å². The normalized spacial score (nSPS) is 15.0. The maximum Gasteiger partial charge on any atom is 0.491 e. The second-order valence-electron chi connectivity index (χ2n) is 9.31. The van der Waals surface area contributed by atoms with Crippen LogP contribution in [0.2, 0.25) is 0 Å². The summed E-state index contributed by atoms with van der Waals surface area (Å²) in [7, 11) is 0. The molecule has 0 aliphatic carbocycles. The highest BCUT2D eigenvalue weighted by Crippen LogP contribution is 2.26. The van der Waals surface area contributed by atoms with Crippen molar-refractivity contribution in [1.82, 2.24) is 34.5 Å². The van der Waals surface area contributed by atoms with Gasteiger partial charge in [0.25, 0.3) is 5.91 Å². The third-order valence-electron chi connectivity index (χ3n) is 6.67. The van der Waals surface area contributed by atoms with E-state index in [-0.39, 0.29) is 31.1 Å². The number of esters is 1. The van der Waals surface area contributed by atoms with Gasteiger partial charge in [-0.3, -0.25) is 14.4 Å². The summed E-state index contributed by atoms with van der Waals surface area (Å²) < 4.78 is 57.5. The summed E-state index contributed by atoms with van der Waals surface area (Å²) in [5.74, 6) is -4.88. The fourth-order valence-corrected chi connectivity index (χ4v) is 4.61. The minimum absolute atomic E-state index is 0.195. The number of aromatic nitrogens is 5. The van der Waals surface area contributed by atoms with E-state index >= 15 is 0 Å². The molecule has 1 aromatic carbocycles. The molecule has 5 rings (SSSR count). The lowest BCUT2D eigenvalue weighted by Gasteiger charge is -2.36. The summed E-state index contributed by atoms with van der Waals surface area (Å²) in [5.41, 5.74) is 1.84. The second kappa shape index (κ2) is 11.3. The molecule has 0 bridgehead atoms. The smallest absolute Gasteiger partial charge is 0.420 e. The van der Waals surface area contributed by atoms with E-state index in [4.69, 9.17) is 0 Å². The molecule has 4 heterocycles. The maximum absolute atomic E-state index is 14.5. The van der Waals surface area contributed by atoms with Gasteiger partial charge in [0.2, 0.25) is 0 Å². The third-order valence-corrected chi connectivity index (χ3v) is 6.67. The number of nitrogens with one attached hydrogen (secondary N) is 1. The van der Waals surface area contributed by atoms with E-state index in [2.05, 4.69) is 35.8 Å². The van der Waals surface area contributed by atoms with Crippen LogP contribution in [0, 0.1) is 17.1 Å². The number of carbonyl (C=O) groups excluding carboxylic acids is 2. The number of nitriles is 1. The van der Waals surface area contributed by atoms with Crippen LogP contribution >= 0.6 is 0 Å². The molecule has 1 amide bonds. The molecular formula is C26H22F4N8O3. The largest absolute Gasteiger partial charge is 0.491 e. The summed E-state index contributed by atoms with van der Waals surface area (Å²) >= 11 is 0. The first-order valence-corrected chi connectivity index (χ1v) is 12.4. The average Bonchev–Trinajstić information content (AvgIpc) is 3.63. The maximum atomic E-state index is 14.5. The van der Waals surface area contributed by atoms with Gasteiger partial charge in [-0.05, 0) is 18.2 Å². The lowest BCUT2D eigenvalue weighted by atomic mass is 10.1. The molecule has 15 heteroatoms.